The number of hydrogen-bond acceptors (Lipinski definition) is 4. The molecule has 0 spiro atoms. The normalized spacial score (nSPS) is 22.4. The highest BCUT2D eigenvalue weighted by Gasteiger charge is 2.21. The molecule has 0 heterocycles. The third-order valence-electron chi connectivity index (χ3n) is 4.07. The second-order valence-electron chi connectivity index (χ2n) is 5.72. The van der Waals surface area contributed by atoms with E-state index in [1.54, 1.807) is 12.1 Å². The summed E-state index contributed by atoms with van der Waals surface area (Å²) in [6, 6.07) is 5.13. The Labute approximate surface area is 119 Å². The van der Waals surface area contributed by atoms with Crippen molar-refractivity contribution in [3.8, 4) is 0 Å². The molecule has 1 aromatic rings. The van der Waals surface area contributed by atoms with E-state index in [1.165, 1.54) is 31.7 Å². The van der Waals surface area contributed by atoms with E-state index in [-0.39, 0.29) is 5.69 Å². The number of nitrogens with zero attached hydrogens (tertiary/aromatic N) is 1. The van der Waals surface area contributed by atoms with Gasteiger partial charge in [0, 0.05) is 29.5 Å². The Bertz CT molecular complexity index is 468. The van der Waals surface area contributed by atoms with Crippen LogP contribution < -0.4 is 11.1 Å². The summed E-state index contributed by atoms with van der Waals surface area (Å²) in [7, 11) is 0. The van der Waals surface area contributed by atoms with Gasteiger partial charge in [0.15, 0.2) is 0 Å². The Hall–Kier alpha value is -1.78. The van der Waals surface area contributed by atoms with Gasteiger partial charge >= 0.3 is 0 Å². The van der Waals surface area contributed by atoms with Crippen molar-refractivity contribution in [1.29, 1.82) is 0 Å². The van der Waals surface area contributed by atoms with Crippen LogP contribution in [0.5, 0.6) is 0 Å². The van der Waals surface area contributed by atoms with Crippen LogP contribution in [-0.2, 0) is 0 Å². The topological polar surface area (TPSA) is 81.2 Å². The standard InChI is InChI=1S/C15H23N3O2/c1-2-3-11-4-6-13(7-5-11)17-14-8-12(16)9-15(10-14)18(19)20/h8-11,13,17H,2-7,16H2,1H3. The third-order valence-corrected chi connectivity index (χ3v) is 4.07. The fraction of sp³-hybridized carbons (Fsp3) is 0.600. The van der Waals surface area contributed by atoms with E-state index >= 15 is 0 Å². The molecule has 20 heavy (non-hydrogen) atoms. The molecule has 1 fully saturated rings. The van der Waals surface area contributed by atoms with Crippen molar-refractivity contribution >= 4 is 17.1 Å². The lowest BCUT2D eigenvalue weighted by atomic mass is 9.83. The van der Waals surface area contributed by atoms with Gasteiger partial charge in [-0.1, -0.05) is 19.8 Å². The molecule has 0 radical (unpaired) electrons. The lowest BCUT2D eigenvalue weighted by Crippen LogP contribution is -2.26. The Balaban J connectivity index is 1.96. The number of nitrogens with one attached hydrogen (secondary N) is 1. The summed E-state index contributed by atoms with van der Waals surface area (Å²) in [5.74, 6) is 0.855. The molecule has 3 N–H and O–H groups in total. The van der Waals surface area contributed by atoms with E-state index in [2.05, 4.69) is 12.2 Å². The van der Waals surface area contributed by atoms with Crippen LogP contribution in [0, 0.1) is 16.0 Å². The maximum absolute atomic E-state index is 10.8. The second kappa shape index (κ2) is 6.59. The third kappa shape index (κ3) is 3.85. The van der Waals surface area contributed by atoms with Crippen LogP contribution >= 0.6 is 0 Å². The second-order valence-corrected chi connectivity index (χ2v) is 5.72. The van der Waals surface area contributed by atoms with Crippen LogP contribution in [-0.4, -0.2) is 11.0 Å². The van der Waals surface area contributed by atoms with E-state index in [0.717, 1.165) is 24.4 Å². The lowest BCUT2D eigenvalue weighted by molar-refractivity contribution is -0.384. The Morgan fingerprint density at radius 3 is 2.60 bits per heavy atom. The number of nitro benzene ring substituents is 1. The molecule has 0 aliphatic heterocycles. The van der Waals surface area contributed by atoms with Gasteiger partial charge in [-0.2, -0.15) is 0 Å². The maximum Gasteiger partial charge on any atom is 0.273 e. The Kier molecular flexibility index (Phi) is 4.82. The largest absolute Gasteiger partial charge is 0.398 e. The van der Waals surface area contributed by atoms with E-state index in [4.69, 9.17) is 5.73 Å². The molecule has 0 unspecified atom stereocenters. The number of hydrogen-bond donors (Lipinski definition) is 2. The van der Waals surface area contributed by atoms with Gasteiger partial charge in [0.1, 0.15) is 0 Å². The van der Waals surface area contributed by atoms with Gasteiger partial charge in [-0.3, -0.25) is 10.1 Å². The van der Waals surface area contributed by atoms with E-state index in [9.17, 15) is 10.1 Å². The molecule has 5 nitrogen and oxygen atoms in total. The Morgan fingerprint density at radius 2 is 2.00 bits per heavy atom. The fourth-order valence-corrected chi connectivity index (χ4v) is 3.06. The molecule has 1 aromatic carbocycles. The number of anilines is 2. The highest BCUT2D eigenvalue weighted by molar-refractivity contribution is 5.61. The van der Waals surface area contributed by atoms with Crippen LogP contribution in [0.3, 0.4) is 0 Å². The first-order valence-electron chi connectivity index (χ1n) is 7.40. The van der Waals surface area contributed by atoms with Crippen molar-refractivity contribution in [2.75, 3.05) is 11.1 Å². The summed E-state index contributed by atoms with van der Waals surface area (Å²) in [5.41, 5.74) is 6.96. The van der Waals surface area contributed by atoms with Crippen LogP contribution in [0.4, 0.5) is 17.1 Å². The first kappa shape index (κ1) is 14.6. The zero-order chi connectivity index (χ0) is 14.5. The minimum absolute atomic E-state index is 0.0483. The maximum atomic E-state index is 10.8. The zero-order valence-electron chi connectivity index (χ0n) is 12.0. The highest BCUT2D eigenvalue weighted by Crippen LogP contribution is 2.30. The van der Waals surface area contributed by atoms with Gasteiger partial charge in [0.2, 0.25) is 0 Å². The highest BCUT2D eigenvalue weighted by atomic mass is 16.6. The van der Waals surface area contributed by atoms with Crippen molar-refractivity contribution < 1.29 is 4.92 Å². The van der Waals surface area contributed by atoms with Crippen LogP contribution in [0.25, 0.3) is 0 Å². The molecule has 110 valence electrons. The van der Waals surface area contributed by atoms with Gasteiger partial charge in [0.25, 0.3) is 5.69 Å². The van der Waals surface area contributed by atoms with Crippen molar-refractivity contribution in [1.82, 2.24) is 0 Å². The summed E-state index contributed by atoms with van der Waals surface area (Å²) >= 11 is 0. The lowest BCUT2D eigenvalue weighted by Gasteiger charge is -2.29. The van der Waals surface area contributed by atoms with Crippen molar-refractivity contribution in [2.24, 2.45) is 5.92 Å². The molecule has 0 aromatic heterocycles. The van der Waals surface area contributed by atoms with Crippen LogP contribution in [0.1, 0.15) is 45.4 Å². The molecule has 0 atom stereocenters. The number of rotatable bonds is 5. The smallest absolute Gasteiger partial charge is 0.273 e. The predicted molar refractivity (Wildman–Crippen MR) is 81.8 cm³/mol. The number of benzene rings is 1. The minimum atomic E-state index is -0.403. The molecule has 0 bridgehead atoms. The van der Waals surface area contributed by atoms with Gasteiger partial charge in [-0.15, -0.1) is 0 Å². The number of non-ortho nitro benzene ring substituents is 1. The van der Waals surface area contributed by atoms with Gasteiger partial charge in [-0.05, 0) is 37.7 Å². The molecule has 0 saturated heterocycles. The molecule has 0 amide bonds. The van der Waals surface area contributed by atoms with Crippen LogP contribution in [0.2, 0.25) is 0 Å². The summed E-state index contributed by atoms with van der Waals surface area (Å²) in [4.78, 5) is 10.4. The van der Waals surface area contributed by atoms with Gasteiger partial charge in [-0.25, -0.2) is 0 Å². The summed E-state index contributed by atoms with van der Waals surface area (Å²) < 4.78 is 0. The van der Waals surface area contributed by atoms with Crippen molar-refractivity contribution in [2.45, 2.75) is 51.5 Å². The first-order valence-corrected chi connectivity index (χ1v) is 7.40. The summed E-state index contributed by atoms with van der Waals surface area (Å²) in [5, 5.41) is 14.2. The van der Waals surface area contributed by atoms with E-state index < -0.39 is 4.92 Å². The zero-order valence-corrected chi connectivity index (χ0v) is 12.0. The summed E-state index contributed by atoms with van der Waals surface area (Å²) in [6.07, 6.45) is 7.33. The monoisotopic (exact) mass is 277 g/mol. The first-order chi connectivity index (χ1) is 9.58. The van der Waals surface area contributed by atoms with Gasteiger partial charge < -0.3 is 11.1 Å². The number of nitrogens with two attached hydrogens (primary N) is 1. The molecule has 1 aliphatic carbocycles. The minimum Gasteiger partial charge on any atom is -0.398 e. The van der Waals surface area contributed by atoms with Crippen molar-refractivity contribution in [3.63, 3.8) is 0 Å². The average Bonchev–Trinajstić information content (AvgIpc) is 2.40. The number of nitrogen functional groups attached to an aromatic ring is 1. The molecule has 1 aliphatic rings. The fourth-order valence-electron chi connectivity index (χ4n) is 3.06. The predicted octanol–water partition coefficient (Wildman–Crippen LogP) is 3.95. The van der Waals surface area contributed by atoms with E-state index in [1.807, 2.05) is 0 Å². The average molecular weight is 277 g/mol. The molecular weight excluding hydrogens is 254 g/mol. The van der Waals surface area contributed by atoms with Crippen molar-refractivity contribution in [3.05, 3.63) is 28.3 Å². The summed E-state index contributed by atoms with van der Waals surface area (Å²) in [6.45, 7) is 2.23. The molecule has 2 rings (SSSR count). The van der Waals surface area contributed by atoms with Gasteiger partial charge in [0.05, 0.1) is 4.92 Å². The molecule has 5 heteroatoms. The number of nitro groups is 1. The molecular formula is C15H23N3O2. The SMILES string of the molecule is CCCC1CCC(Nc2cc(N)cc([N+](=O)[O-])c2)CC1. The Morgan fingerprint density at radius 1 is 1.30 bits per heavy atom. The quantitative estimate of drug-likeness (QED) is 0.485. The van der Waals surface area contributed by atoms with E-state index in [0.29, 0.717) is 11.7 Å². The molecule has 1 saturated carbocycles. The van der Waals surface area contributed by atoms with Crippen LogP contribution in [0.15, 0.2) is 18.2 Å².